The molecule has 2 rings (SSSR count). The fourth-order valence-electron chi connectivity index (χ4n) is 1.59. The van der Waals surface area contributed by atoms with Crippen molar-refractivity contribution in [2.45, 2.75) is 13.5 Å². The average Bonchev–Trinajstić information content (AvgIpc) is 2.33. The first kappa shape index (κ1) is 11.1. The van der Waals surface area contributed by atoms with E-state index in [0.717, 1.165) is 5.56 Å². The molecule has 17 heavy (non-hydrogen) atoms. The summed E-state index contributed by atoms with van der Waals surface area (Å²) in [6.45, 7) is 2.14. The Morgan fingerprint density at radius 2 is 2.18 bits per heavy atom. The van der Waals surface area contributed by atoms with Crippen LogP contribution in [0.5, 0.6) is 0 Å². The topological polar surface area (TPSA) is 58.7 Å². The Bertz CT molecular complexity index is 638. The molecule has 0 aliphatic heterocycles. The van der Waals surface area contributed by atoms with Crippen LogP contribution in [0.25, 0.3) is 0 Å². The van der Waals surface area contributed by atoms with Gasteiger partial charge >= 0.3 is 0 Å². The number of hydrogen-bond donors (Lipinski definition) is 0. The summed E-state index contributed by atoms with van der Waals surface area (Å²) in [5, 5.41) is 8.96. The molecule has 2 aromatic rings. The molecule has 0 aliphatic rings. The van der Waals surface area contributed by atoms with Crippen LogP contribution in [0.1, 0.15) is 16.8 Å². The van der Waals surface area contributed by atoms with E-state index in [1.807, 2.05) is 12.1 Å². The van der Waals surface area contributed by atoms with E-state index in [1.54, 1.807) is 19.1 Å². The van der Waals surface area contributed by atoms with Gasteiger partial charge in [0.15, 0.2) is 0 Å². The Labute approximate surface area is 98.8 Å². The maximum Gasteiger partial charge on any atom is 0.253 e. The summed E-state index contributed by atoms with van der Waals surface area (Å²) >= 11 is 0. The van der Waals surface area contributed by atoms with Crippen molar-refractivity contribution in [1.29, 1.82) is 5.26 Å². The van der Waals surface area contributed by atoms with Gasteiger partial charge in [-0.1, -0.05) is 18.2 Å². The Kier molecular flexibility index (Phi) is 3.01. The molecule has 4 heteroatoms. The summed E-state index contributed by atoms with van der Waals surface area (Å²) in [6.07, 6.45) is 1.51. The Hall–Kier alpha value is -2.41. The van der Waals surface area contributed by atoms with E-state index in [-0.39, 0.29) is 5.56 Å². The first-order valence-electron chi connectivity index (χ1n) is 5.22. The highest BCUT2D eigenvalue weighted by Gasteiger charge is 2.03. The van der Waals surface area contributed by atoms with Gasteiger partial charge < -0.3 is 0 Å². The van der Waals surface area contributed by atoms with Gasteiger partial charge in [-0.2, -0.15) is 5.26 Å². The minimum Gasteiger partial charge on any atom is -0.295 e. The highest BCUT2D eigenvalue weighted by atomic mass is 16.1. The molecule has 4 nitrogen and oxygen atoms in total. The largest absolute Gasteiger partial charge is 0.295 e. The second-order valence-corrected chi connectivity index (χ2v) is 3.77. The zero-order valence-electron chi connectivity index (χ0n) is 9.42. The Morgan fingerprint density at radius 3 is 2.88 bits per heavy atom. The minimum absolute atomic E-state index is 0.106. The SMILES string of the molecule is Cc1cc(=O)n(Cc2ccccc2C#N)cn1. The number of aryl methyl sites for hydroxylation is 1. The minimum atomic E-state index is -0.106. The summed E-state index contributed by atoms with van der Waals surface area (Å²) in [5.41, 5.74) is 1.99. The molecule has 1 aromatic heterocycles. The van der Waals surface area contributed by atoms with Gasteiger partial charge in [0.05, 0.1) is 24.5 Å². The predicted molar refractivity (Wildman–Crippen MR) is 63.5 cm³/mol. The van der Waals surface area contributed by atoms with E-state index in [2.05, 4.69) is 11.1 Å². The van der Waals surface area contributed by atoms with Gasteiger partial charge in [-0.05, 0) is 18.6 Å². The molecule has 0 saturated heterocycles. The molecule has 1 aromatic carbocycles. The van der Waals surface area contributed by atoms with Gasteiger partial charge in [-0.25, -0.2) is 4.98 Å². The second kappa shape index (κ2) is 4.62. The van der Waals surface area contributed by atoms with Gasteiger partial charge in [-0.15, -0.1) is 0 Å². The number of hydrogen-bond acceptors (Lipinski definition) is 3. The van der Waals surface area contributed by atoms with Crippen LogP contribution in [0.3, 0.4) is 0 Å². The van der Waals surface area contributed by atoms with Crippen LogP contribution in [-0.4, -0.2) is 9.55 Å². The highest BCUT2D eigenvalue weighted by Crippen LogP contribution is 2.08. The fourth-order valence-corrected chi connectivity index (χ4v) is 1.59. The molecule has 0 saturated carbocycles. The molecule has 0 amide bonds. The van der Waals surface area contributed by atoms with Crippen molar-refractivity contribution in [3.63, 3.8) is 0 Å². The van der Waals surface area contributed by atoms with Gasteiger partial charge in [0, 0.05) is 11.8 Å². The highest BCUT2D eigenvalue weighted by molar-refractivity contribution is 5.37. The molecular weight excluding hydrogens is 214 g/mol. The van der Waals surface area contributed by atoms with E-state index in [9.17, 15) is 4.79 Å². The number of rotatable bonds is 2. The lowest BCUT2D eigenvalue weighted by Crippen LogP contribution is -2.20. The van der Waals surface area contributed by atoms with Gasteiger partial charge in [0.25, 0.3) is 5.56 Å². The molecule has 84 valence electrons. The summed E-state index contributed by atoms with van der Waals surface area (Å²) < 4.78 is 1.49. The molecule has 0 spiro atoms. The van der Waals surface area contributed by atoms with Gasteiger partial charge in [-0.3, -0.25) is 9.36 Å². The zero-order chi connectivity index (χ0) is 12.3. The molecule has 0 fully saturated rings. The maximum atomic E-state index is 11.7. The third kappa shape index (κ3) is 2.40. The Morgan fingerprint density at radius 1 is 1.41 bits per heavy atom. The van der Waals surface area contributed by atoms with Crippen molar-refractivity contribution in [3.8, 4) is 6.07 Å². The average molecular weight is 225 g/mol. The van der Waals surface area contributed by atoms with E-state index in [4.69, 9.17) is 5.26 Å². The molecule has 0 radical (unpaired) electrons. The molecule has 0 atom stereocenters. The summed E-state index contributed by atoms with van der Waals surface area (Å²) in [4.78, 5) is 15.8. The van der Waals surface area contributed by atoms with Crippen LogP contribution >= 0.6 is 0 Å². The smallest absolute Gasteiger partial charge is 0.253 e. The lowest BCUT2D eigenvalue weighted by Gasteiger charge is -2.06. The van der Waals surface area contributed by atoms with E-state index < -0.39 is 0 Å². The summed E-state index contributed by atoms with van der Waals surface area (Å²) in [6, 6.07) is 10.8. The van der Waals surface area contributed by atoms with Crippen molar-refractivity contribution in [1.82, 2.24) is 9.55 Å². The van der Waals surface area contributed by atoms with Gasteiger partial charge in [0.2, 0.25) is 0 Å². The lowest BCUT2D eigenvalue weighted by molar-refractivity contribution is 0.729. The number of aromatic nitrogens is 2. The third-order valence-electron chi connectivity index (χ3n) is 2.49. The number of nitriles is 1. The number of nitrogens with zero attached hydrogens (tertiary/aromatic N) is 3. The quantitative estimate of drug-likeness (QED) is 0.777. The van der Waals surface area contributed by atoms with E-state index >= 15 is 0 Å². The van der Waals surface area contributed by atoms with Crippen LogP contribution in [0, 0.1) is 18.3 Å². The fraction of sp³-hybridized carbons (Fsp3) is 0.154. The molecular formula is C13H11N3O. The summed E-state index contributed by atoms with van der Waals surface area (Å²) in [7, 11) is 0. The predicted octanol–water partition coefficient (Wildman–Crippen LogP) is 1.47. The van der Waals surface area contributed by atoms with E-state index in [0.29, 0.717) is 17.8 Å². The van der Waals surface area contributed by atoms with Crippen molar-refractivity contribution in [2.75, 3.05) is 0 Å². The first-order valence-corrected chi connectivity index (χ1v) is 5.22. The van der Waals surface area contributed by atoms with Gasteiger partial charge in [0.1, 0.15) is 0 Å². The van der Waals surface area contributed by atoms with Crippen molar-refractivity contribution in [2.24, 2.45) is 0 Å². The number of benzene rings is 1. The second-order valence-electron chi connectivity index (χ2n) is 3.77. The van der Waals surface area contributed by atoms with Crippen molar-refractivity contribution in [3.05, 3.63) is 63.8 Å². The molecule has 1 heterocycles. The lowest BCUT2D eigenvalue weighted by atomic mass is 10.1. The third-order valence-corrected chi connectivity index (χ3v) is 2.49. The molecule has 0 N–H and O–H groups in total. The van der Waals surface area contributed by atoms with Crippen LogP contribution < -0.4 is 5.56 Å². The van der Waals surface area contributed by atoms with Crippen molar-refractivity contribution >= 4 is 0 Å². The van der Waals surface area contributed by atoms with Crippen molar-refractivity contribution < 1.29 is 0 Å². The standard InChI is InChI=1S/C13H11N3O/c1-10-6-13(17)16(9-15-10)8-12-5-3-2-4-11(12)7-14/h2-6,9H,8H2,1H3. The van der Waals surface area contributed by atoms with Crippen LogP contribution in [0.15, 0.2) is 41.5 Å². The van der Waals surface area contributed by atoms with Crippen LogP contribution in [0.4, 0.5) is 0 Å². The molecule has 0 unspecified atom stereocenters. The first-order chi connectivity index (χ1) is 8.20. The maximum absolute atomic E-state index is 11.7. The van der Waals surface area contributed by atoms with E-state index in [1.165, 1.54) is 17.0 Å². The van der Waals surface area contributed by atoms with Crippen LogP contribution in [-0.2, 0) is 6.54 Å². The van der Waals surface area contributed by atoms with Crippen LogP contribution in [0.2, 0.25) is 0 Å². The zero-order valence-corrected chi connectivity index (χ0v) is 9.42. The molecule has 0 aliphatic carbocycles. The Balaban J connectivity index is 2.39. The summed E-state index contributed by atoms with van der Waals surface area (Å²) in [5.74, 6) is 0. The monoisotopic (exact) mass is 225 g/mol. The molecule has 0 bridgehead atoms. The normalized spacial score (nSPS) is 9.88.